The first-order valence-electron chi connectivity index (χ1n) is 4.53. The molecule has 1 aliphatic rings. The second-order valence-electron chi connectivity index (χ2n) is 3.28. The quantitative estimate of drug-likeness (QED) is 0.904. The number of aryl methyl sites for hydroxylation is 1. The molecule has 0 saturated heterocycles. The Morgan fingerprint density at radius 1 is 1.47 bits per heavy atom. The van der Waals surface area contributed by atoms with Gasteiger partial charge in [-0.2, -0.15) is 13.9 Å². The maximum absolute atomic E-state index is 12.5. The molecule has 1 heterocycles. The minimum absolute atomic E-state index is 0.0526. The molecule has 1 atom stereocenters. The van der Waals surface area contributed by atoms with Gasteiger partial charge in [-0.3, -0.25) is 5.10 Å². The highest BCUT2D eigenvalue weighted by Crippen LogP contribution is 2.28. The van der Waals surface area contributed by atoms with Crippen molar-refractivity contribution in [3.63, 3.8) is 0 Å². The number of alkyl halides is 2. The SMILES string of the molecule is O=S(OC1=Cc2[nH]ncc2CC1)C(F)(F)OF. The monoisotopic (exact) mass is 268 g/mol. The smallest absolute Gasteiger partial charge is 0.399 e. The molecule has 2 rings (SSSR count). The minimum atomic E-state index is -4.48. The Bertz CT molecular complexity index is 474. The molecule has 0 spiro atoms. The number of nitrogens with zero attached hydrogens (tertiary/aromatic N) is 1. The van der Waals surface area contributed by atoms with Crippen LogP contribution in [0.2, 0.25) is 0 Å². The molecule has 0 aromatic carbocycles. The van der Waals surface area contributed by atoms with Crippen LogP contribution < -0.4 is 0 Å². The third kappa shape index (κ3) is 2.50. The highest BCUT2D eigenvalue weighted by molar-refractivity contribution is 7.81. The third-order valence-electron chi connectivity index (χ3n) is 2.16. The minimum Gasteiger partial charge on any atom is -0.399 e. The van der Waals surface area contributed by atoms with Crippen LogP contribution in [0.15, 0.2) is 12.0 Å². The van der Waals surface area contributed by atoms with Gasteiger partial charge in [0.2, 0.25) is 0 Å². The van der Waals surface area contributed by atoms with Crippen LogP contribution >= 0.6 is 0 Å². The number of allylic oxidation sites excluding steroid dienone is 1. The van der Waals surface area contributed by atoms with E-state index in [1.165, 1.54) is 6.08 Å². The van der Waals surface area contributed by atoms with Gasteiger partial charge in [-0.15, -0.1) is 4.94 Å². The molecule has 17 heavy (non-hydrogen) atoms. The van der Waals surface area contributed by atoms with E-state index in [9.17, 15) is 17.5 Å². The summed E-state index contributed by atoms with van der Waals surface area (Å²) in [5.74, 6) is 0.0526. The second-order valence-corrected chi connectivity index (χ2v) is 4.39. The molecule has 1 N–H and O–H groups in total. The maximum Gasteiger partial charge on any atom is 0.503 e. The lowest BCUT2D eigenvalue weighted by molar-refractivity contribution is -0.305. The average Bonchev–Trinajstić information content (AvgIpc) is 2.76. The maximum atomic E-state index is 12.5. The van der Waals surface area contributed by atoms with E-state index in [1.54, 1.807) is 6.20 Å². The molecule has 0 bridgehead atoms. The summed E-state index contributed by atoms with van der Waals surface area (Å²) in [6, 6.07) is 0. The first-order chi connectivity index (χ1) is 8.03. The third-order valence-corrected chi connectivity index (χ3v) is 2.98. The molecular formula is C8H7F3N2O3S. The normalized spacial score (nSPS) is 17.2. The first kappa shape index (κ1) is 12.1. The van der Waals surface area contributed by atoms with E-state index in [1.807, 2.05) is 0 Å². The lowest BCUT2D eigenvalue weighted by Crippen LogP contribution is -2.25. The van der Waals surface area contributed by atoms with Gasteiger partial charge in [0, 0.05) is 12.5 Å². The number of rotatable bonds is 4. The molecule has 0 fully saturated rings. The topological polar surface area (TPSA) is 64.2 Å². The van der Waals surface area contributed by atoms with Crippen LogP contribution in [0.25, 0.3) is 6.08 Å². The highest BCUT2D eigenvalue weighted by atomic mass is 32.2. The van der Waals surface area contributed by atoms with Crippen molar-refractivity contribution in [2.45, 2.75) is 18.3 Å². The number of H-pyrrole nitrogens is 1. The predicted molar refractivity (Wildman–Crippen MR) is 51.3 cm³/mol. The fourth-order valence-corrected chi connectivity index (χ4v) is 1.85. The fourth-order valence-electron chi connectivity index (χ4n) is 1.37. The first-order valence-corrected chi connectivity index (χ1v) is 5.61. The van der Waals surface area contributed by atoms with Crippen LogP contribution in [0, 0.1) is 0 Å². The summed E-state index contributed by atoms with van der Waals surface area (Å²) < 4.78 is 51.7. The van der Waals surface area contributed by atoms with Crippen molar-refractivity contribution in [2.75, 3.05) is 0 Å². The van der Waals surface area contributed by atoms with Crippen LogP contribution in [0.1, 0.15) is 17.7 Å². The molecule has 0 aliphatic heterocycles. The number of fused-ring (bicyclic) bond motifs is 1. The molecule has 94 valence electrons. The predicted octanol–water partition coefficient (Wildman–Crippen LogP) is 1.83. The summed E-state index contributed by atoms with van der Waals surface area (Å²) in [4.78, 5) is 2.29. The lowest BCUT2D eigenvalue weighted by atomic mass is 10.0. The van der Waals surface area contributed by atoms with Crippen molar-refractivity contribution in [3.8, 4) is 0 Å². The molecule has 1 aromatic rings. The number of aromatic nitrogens is 2. The van der Waals surface area contributed by atoms with E-state index in [4.69, 9.17) is 0 Å². The van der Waals surface area contributed by atoms with Gasteiger partial charge in [0.25, 0.3) is 0 Å². The Labute approximate surface area is 96.2 Å². The zero-order valence-electron chi connectivity index (χ0n) is 8.28. The highest BCUT2D eigenvalue weighted by Gasteiger charge is 2.44. The molecular weight excluding hydrogens is 261 g/mol. The van der Waals surface area contributed by atoms with Gasteiger partial charge in [0.15, 0.2) is 0 Å². The van der Waals surface area contributed by atoms with E-state index in [0.717, 1.165) is 5.56 Å². The van der Waals surface area contributed by atoms with E-state index < -0.39 is 16.5 Å². The largest absolute Gasteiger partial charge is 0.503 e. The van der Waals surface area contributed by atoms with Crippen molar-refractivity contribution >= 4 is 17.2 Å². The summed E-state index contributed by atoms with van der Waals surface area (Å²) in [5.41, 5.74) is -2.99. The van der Waals surface area contributed by atoms with Crippen LogP contribution in [-0.4, -0.2) is 19.8 Å². The summed E-state index contributed by atoms with van der Waals surface area (Å²) >= 11 is -3.23. The van der Waals surface area contributed by atoms with Crippen LogP contribution in [-0.2, 0) is 26.6 Å². The Balaban J connectivity index is 2.09. The number of halogens is 3. The molecule has 1 aromatic heterocycles. The van der Waals surface area contributed by atoms with Crippen LogP contribution in [0.5, 0.6) is 0 Å². The summed E-state index contributed by atoms with van der Waals surface area (Å²) in [7, 11) is 0. The molecule has 1 aliphatic carbocycles. The van der Waals surface area contributed by atoms with Gasteiger partial charge in [-0.1, -0.05) is 0 Å². The number of nitrogens with one attached hydrogen (secondary N) is 1. The number of aromatic amines is 1. The van der Waals surface area contributed by atoms with Gasteiger partial charge in [-0.05, 0) is 16.5 Å². The van der Waals surface area contributed by atoms with Crippen molar-refractivity contribution in [3.05, 3.63) is 23.2 Å². The Morgan fingerprint density at radius 2 is 2.24 bits per heavy atom. The van der Waals surface area contributed by atoms with Crippen LogP contribution in [0.3, 0.4) is 0 Å². The Hall–Kier alpha value is -1.35. The van der Waals surface area contributed by atoms with Crippen molar-refractivity contribution < 1.29 is 26.6 Å². The standard InChI is InChI=1S/C8H7F3N2O3S/c9-8(10,16-11)17(14)15-6-2-1-5-4-12-13-7(5)3-6/h3-4H,1-2H2,(H,12,13). The van der Waals surface area contributed by atoms with E-state index >= 15 is 0 Å². The second kappa shape index (κ2) is 4.49. The van der Waals surface area contributed by atoms with Gasteiger partial charge in [-0.25, -0.2) is 4.21 Å². The van der Waals surface area contributed by atoms with Gasteiger partial charge in [0.05, 0.1) is 11.9 Å². The molecule has 1 unspecified atom stereocenters. The fraction of sp³-hybridized carbons (Fsp3) is 0.375. The van der Waals surface area contributed by atoms with E-state index in [2.05, 4.69) is 19.3 Å². The van der Waals surface area contributed by atoms with Crippen molar-refractivity contribution in [1.82, 2.24) is 10.2 Å². The number of hydrogen-bond donors (Lipinski definition) is 1. The molecule has 0 saturated carbocycles. The van der Waals surface area contributed by atoms with Gasteiger partial charge in [0.1, 0.15) is 5.76 Å². The molecule has 5 nitrogen and oxygen atoms in total. The zero-order valence-corrected chi connectivity index (χ0v) is 9.10. The molecule has 9 heteroatoms. The van der Waals surface area contributed by atoms with Crippen LogP contribution in [0.4, 0.5) is 13.3 Å². The van der Waals surface area contributed by atoms with E-state index in [0.29, 0.717) is 12.1 Å². The molecule has 0 amide bonds. The summed E-state index contributed by atoms with van der Waals surface area (Å²) in [6.45, 7) is 0. The Kier molecular flexibility index (Phi) is 3.20. The van der Waals surface area contributed by atoms with Gasteiger partial charge < -0.3 is 4.18 Å². The number of hydrogen-bond acceptors (Lipinski definition) is 4. The summed E-state index contributed by atoms with van der Waals surface area (Å²) in [5, 5.41) is 6.36. The summed E-state index contributed by atoms with van der Waals surface area (Å²) in [6.07, 6.45) is 3.77. The van der Waals surface area contributed by atoms with E-state index in [-0.39, 0.29) is 12.2 Å². The molecule has 0 radical (unpaired) electrons. The zero-order chi connectivity index (χ0) is 12.5. The average molecular weight is 268 g/mol. The van der Waals surface area contributed by atoms with Crippen molar-refractivity contribution in [1.29, 1.82) is 0 Å². The lowest BCUT2D eigenvalue weighted by Gasteiger charge is -2.15. The van der Waals surface area contributed by atoms with Crippen molar-refractivity contribution in [2.24, 2.45) is 0 Å². The Morgan fingerprint density at radius 3 is 2.94 bits per heavy atom. The van der Waals surface area contributed by atoms with Gasteiger partial charge >= 0.3 is 16.5 Å².